The summed E-state index contributed by atoms with van der Waals surface area (Å²) >= 11 is 0. The maximum atomic E-state index is 13.7. The predicted octanol–water partition coefficient (Wildman–Crippen LogP) is 3.45. The molecule has 1 N–H and O–H groups in total. The van der Waals surface area contributed by atoms with Crippen molar-refractivity contribution in [2.24, 2.45) is 0 Å². The monoisotopic (exact) mass is 283 g/mol. The van der Waals surface area contributed by atoms with Gasteiger partial charge in [0.2, 0.25) is 0 Å². The van der Waals surface area contributed by atoms with Crippen molar-refractivity contribution in [3.05, 3.63) is 71.7 Å². The number of rotatable bonds is 4. The number of benzene rings is 2. The Morgan fingerprint density at radius 1 is 1.05 bits per heavy atom. The van der Waals surface area contributed by atoms with Crippen LogP contribution >= 0.6 is 0 Å². The Bertz CT molecular complexity index is 774. The molecule has 0 aliphatic heterocycles. The molecule has 4 heteroatoms. The molecule has 0 bridgehead atoms. The maximum absolute atomic E-state index is 13.7. The molecule has 0 unspecified atom stereocenters. The van der Waals surface area contributed by atoms with E-state index in [-0.39, 0.29) is 19.0 Å². The molecule has 0 aliphatic carbocycles. The van der Waals surface area contributed by atoms with Gasteiger partial charge in [0.05, 0.1) is 12.1 Å². The number of pyridine rings is 1. The van der Waals surface area contributed by atoms with E-state index in [0.717, 1.165) is 16.5 Å². The van der Waals surface area contributed by atoms with E-state index in [0.29, 0.717) is 5.56 Å². The molecular formula is C17H14FNO2. The Kier molecular flexibility index (Phi) is 3.79. The van der Waals surface area contributed by atoms with Crippen molar-refractivity contribution in [2.75, 3.05) is 0 Å². The summed E-state index contributed by atoms with van der Waals surface area (Å²) in [6, 6.07) is 14.1. The lowest BCUT2D eigenvalue weighted by Crippen LogP contribution is -1.98. The van der Waals surface area contributed by atoms with Gasteiger partial charge in [-0.2, -0.15) is 0 Å². The van der Waals surface area contributed by atoms with Crippen molar-refractivity contribution in [1.29, 1.82) is 0 Å². The number of hydrogen-bond donors (Lipinski definition) is 1. The summed E-state index contributed by atoms with van der Waals surface area (Å²) in [5.74, 6) is -0.289. The summed E-state index contributed by atoms with van der Waals surface area (Å²) in [4.78, 5) is 4.25. The first-order valence-corrected chi connectivity index (χ1v) is 6.62. The largest absolute Gasteiger partial charge is 0.486 e. The molecule has 3 aromatic rings. The van der Waals surface area contributed by atoms with E-state index in [2.05, 4.69) is 4.98 Å². The van der Waals surface area contributed by atoms with E-state index in [1.165, 1.54) is 12.1 Å². The van der Waals surface area contributed by atoms with Gasteiger partial charge in [0.1, 0.15) is 6.61 Å². The number of nitrogens with zero attached hydrogens (tertiary/aromatic N) is 1. The fraction of sp³-hybridized carbons (Fsp3) is 0.118. The third-order valence-corrected chi connectivity index (χ3v) is 3.24. The normalized spacial score (nSPS) is 10.8. The first-order chi connectivity index (χ1) is 10.3. The van der Waals surface area contributed by atoms with Crippen LogP contribution in [0, 0.1) is 5.82 Å². The molecule has 0 radical (unpaired) electrons. The molecule has 21 heavy (non-hydrogen) atoms. The standard InChI is InChI=1S/C17H14FNO2/c18-15-9-12(10-20)4-6-17(15)21-11-13-3-5-16-14(8-13)2-1-7-19-16/h1-9,20H,10-11H2. The van der Waals surface area contributed by atoms with Gasteiger partial charge in [-0.05, 0) is 41.5 Å². The summed E-state index contributed by atoms with van der Waals surface area (Å²) in [6.07, 6.45) is 1.75. The minimum atomic E-state index is -0.469. The minimum Gasteiger partial charge on any atom is -0.486 e. The van der Waals surface area contributed by atoms with Gasteiger partial charge in [-0.3, -0.25) is 4.98 Å². The third kappa shape index (κ3) is 3.01. The van der Waals surface area contributed by atoms with E-state index >= 15 is 0 Å². The van der Waals surface area contributed by atoms with Crippen LogP contribution in [-0.4, -0.2) is 10.1 Å². The minimum absolute atomic E-state index is 0.179. The van der Waals surface area contributed by atoms with Crippen LogP contribution in [0.1, 0.15) is 11.1 Å². The summed E-state index contributed by atoms with van der Waals surface area (Å²) in [5.41, 5.74) is 2.39. The lowest BCUT2D eigenvalue weighted by molar-refractivity contribution is 0.276. The van der Waals surface area contributed by atoms with Crippen molar-refractivity contribution >= 4 is 10.9 Å². The Labute approximate surface area is 121 Å². The fourth-order valence-corrected chi connectivity index (χ4v) is 2.14. The first-order valence-electron chi connectivity index (χ1n) is 6.62. The zero-order valence-electron chi connectivity index (χ0n) is 11.3. The van der Waals surface area contributed by atoms with Gasteiger partial charge < -0.3 is 9.84 Å². The summed E-state index contributed by atoms with van der Waals surface area (Å²) in [7, 11) is 0. The molecular weight excluding hydrogens is 269 g/mol. The van der Waals surface area contributed by atoms with Crippen LogP contribution in [0.4, 0.5) is 4.39 Å². The number of fused-ring (bicyclic) bond motifs is 1. The number of halogens is 1. The lowest BCUT2D eigenvalue weighted by atomic mass is 10.1. The lowest BCUT2D eigenvalue weighted by Gasteiger charge is -2.09. The van der Waals surface area contributed by atoms with Crippen molar-refractivity contribution in [1.82, 2.24) is 4.98 Å². The maximum Gasteiger partial charge on any atom is 0.165 e. The molecule has 1 heterocycles. The van der Waals surface area contributed by atoms with Crippen LogP contribution in [0.3, 0.4) is 0 Å². The highest BCUT2D eigenvalue weighted by atomic mass is 19.1. The van der Waals surface area contributed by atoms with Crippen molar-refractivity contribution in [3.8, 4) is 5.75 Å². The molecule has 3 nitrogen and oxygen atoms in total. The van der Waals surface area contributed by atoms with Crippen LogP contribution < -0.4 is 4.74 Å². The molecule has 3 rings (SSSR count). The second-order valence-corrected chi connectivity index (χ2v) is 4.74. The molecule has 0 spiro atoms. The van der Waals surface area contributed by atoms with E-state index in [1.54, 1.807) is 12.3 Å². The number of aromatic nitrogens is 1. The predicted molar refractivity (Wildman–Crippen MR) is 78.4 cm³/mol. The Balaban J connectivity index is 1.77. The van der Waals surface area contributed by atoms with Gasteiger partial charge in [-0.1, -0.05) is 18.2 Å². The highest BCUT2D eigenvalue weighted by Crippen LogP contribution is 2.21. The molecule has 0 aliphatic rings. The topological polar surface area (TPSA) is 42.4 Å². The molecule has 0 atom stereocenters. The second kappa shape index (κ2) is 5.89. The highest BCUT2D eigenvalue weighted by molar-refractivity contribution is 5.78. The van der Waals surface area contributed by atoms with Crippen LogP contribution in [0.25, 0.3) is 10.9 Å². The summed E-state index contributed by atoms with van der Waals surface area (Å²) < 4.78 is 19.2. The smallest absolute Gasteiger partial charge is 0.165 e. The van der Waals surface area contributed by atoms with Crippen molar-refractivity contribution in [2.45, 2.75) is 13.2 Å². The zero-order chi connectivity index (χ0) is 14.7. The van der Waals surface area contributed by atoms with Gasteiger partial charge in [-0.15, -0.1) is 0 Å². The van der Waals surface area contributed by atoms with Gasteiger partial charge in [-0.25, -0.2) is 4.39 Å². The first kappa shape index (κ1) is 13.5. The molecule has 106 valence electrons. The number of aliphatic hydroxyl groups excluding tert-OH is 1. The Morgan fingerprint density at radius 3 is 2.71 bits per heavy atom. The zero-order valence-corrected chi connectivity index (χ0v) is 11.3. The second-order valence-electron chi connectivity index (χ2n) is 4.74. The molecule has 0 fully saturated rings. The summed E-state index contributed by atoms with van der Waals surface area (Å²) in [6.45, 7) is 0.0924. The molecule has 1 aromatic heterocycles. The van der Waals surface area contributed by atoms with Crippen molar-refractivity contribution < 1.29 is 14.2 Å². The van der Waals surface area contributed by atoms with E-state index in [1.807, 2.05) is 30.3 Å². The average Bonchev–Trinajstić information content (AvgIpc) is 2.53. The number of ether oxygens (including phenoxy) is 1. The van der Waals surface area contributed by atoms with E-state index in [4.69, 9.17) is 9.84 Å². The quantitative estimate of drug-likeness (QED) is 0.797. The van der Waals surface area contributed by atoms with E-state index in [9.17, 15) is 4.39 Å². The Morgan fingerprint density at radius 2 is 1.90 bits per heavy atom. The van der Waals surface area contributed by atoms with E-state index < -0.39 is 5.82 Å². The van der Waals surface area contributed by atoms with Crippen LogP contribution in [-0.2, 0) is 13.2 Å². The molecule has 0 saturated heterocycles. The van der Waals surface area contributed by atoms with Crippen LogP contribution in [0.15, 0.2) is 54.7 Å². The Hall–Kier alpha value is -2.46. The van der Waals surface area contributed by atoms with Crippen LogP contribution in [0.2, 0.25) is 0 Å². The summed E-state index contributed by atoms with van der Waals surface area (Å²) in [5, 5.41) is 9.97. The fourth-order valence-electron chi connectivity index (χ4n) is 2.14. The van der Waals surface area contributed by atoms with Gasteiger partial charge in [0.25, 0.3) is 0 Å². The van der Waals surface area contributed by atoms with Gasteiger partial charge in [0.15, 0.2) is 11.6 Å². The molecule has 0 saturated carbocycles. The molecule has 2 aromatic carbocycles. The number of hydrogen-bond acceptors (Lipinski definition) is 3. The van der Waals surface area contributed by atoms with Crippen molar-refractivity contribution in [3.63, 3.8) is 0 Å². The van der Waals surface area contributed by atoms with Gasteiger partial charge >= 0.3 is 0 Å². The SMILES string of the molecule is OCc1ccc(OCc2ccc3ncccc3c2)c(F)c1. The molecule has 0 amide bonds. The highest BCUT2D eigenvalue weighted by Gasteiger charge is 2.05. The average molecular weight is 283 g/mol. The number of aliphatic hydroxyl groups is 1. The van der Waals surface area contributed by atoms with Crippen LogP contribution in [0.5, 0.6) is 5.75 Å². The third-order valence-electron chi connectivity index (χ3n) is 3.24. The van der Waals surface area contributed by atoms with Gasteiger partial charge in [0, 0.05) is 11.6 Å².